The van der Waals surface area contributed by atoms with Gasteiger partial charge in [-0.25, -0.2) is 4.79 Å². The molecule has 0 aliphatic heterocycles. The average molecular weight is 288 g/mol. The number of amides is 1. The van der Waals surface area contributed by atoms with Crippen molar-refractivity contribution >= 4 is 11.9 Å². The molecule has 2 aromatic rings. The number of carbonyl (C=O) groups excluding carboxylic acids is 1. The number of benzene rings is 1. The second-order valence-corrected chi connectivity index (χ2v) is 4.71. The molecule has 6 heteroatoms. The van der Waals surface area contributed by atoms with Crippen molar-refractivity contribution < 1.29 is 19.2 Å². The molecule has 0 aliphatic carbocycles. The molecule has 0 atom stereocenters. The lowest BCUT2D eigenvalue weighted by atomic mass is 10.1. The Morgan fingerprint density at radius 1 is 1.33 bits per heavy atom. The van der Waals surface area contributed by atoms with E-state index in [9.17, 15) is 9.59 Å². The van der Waals surface area contributed by atoms with E-state index in [0.717, 1.165) is 5.56 Å². The fourth-order valence-electron chi connectivity index (χ4n) is 2.08. The summed E-state index contributed by atoms with van der Waals surface area (Å²) in [6, 6.07) is 6.65. The van der Waals surface area contributed by atoms with Crippen molar-refractivity contribution in [1.29, 1.82) is 0 Å². The first kappa shape index (κ1) is 14.8. The van der Waals surface area contributed by atoms with Crippen LogP contribution in [0.2, 0.25) is 0 Å². The Balaban J connectivity index is 1.94. The predicted octanol–water partition coefficient (Wildman–Crippen LogP) is 1.96. The summed E-state index contributed by atoms with van der Waals surface area (Å²) in [5.41, 5.74) is 2.10. The van der Waals surface area contributed by atoms with Crippen LogP contribution in [0.25, 0.3) is 0 Å². The van der Waals surface area contributed by atoms with Crippen LogP contribution in [-0.2, 0) is 6.42 Å². The van der Waals surface area contributed by atoms with E-state index >= 15 is 0 Å². The minimum atomic E-state index is -0.961. The Morgan fingerprint density at radius 2 is 2.10 bits per heavy atom. The standard InChI is InChI=1S/C15H16N2O4/c1-9-13(10(2)21-17-9)14(18)16-7-6-11-4-3-5-12(8-11)15(19)20/h3-5,8H,6-7H2,1-2H3,(H,16,18)(H,19,20). The van der Waals surface area contributed by atoms with Crippen molar-refractivity contribution in [3.63, 3.8) is 0 Å². The van der Waals surface area contributed by atoms with Crippen LogP contribution in [-0.4, -0.2) is 28.7 Å². The number of carbonyl (C=O) groups is 2. The zero-order valence-corrected chi connectivity index (χ0v) is 11.8. The van der Waals surface area contributed by atoms with Gasteiger partial charge in [0.25, 0.3) is 5.91 Å². The van der Waals surface area contributed by atoms with Gasteiger partial charge in [0.1, 0.15) is 11.3 Å². The third-order valence-electron chi connectivity index (χ3n) is 3.13. The highest BCUT2D eigenvalue weighted by atomic mass is 16.5. The van der Waals surface area contributed by atoms with E-state index in [-0.39, 0.29) is 11.5 Å². The van der Waals surface area contributed by atoms with Gasteiger partial charge in [0, 0.05) is 6.54 Å². The maximum atomic E-state index is 12.0. The van der Waals surface area contributed by atoms with Gasteiger partial charge in [-0.15, -0.1) is 0 Å². The van der Waals surface area contributed by atoms with Crippen LogP contribution in [0.4, 0.5) is 0 Å². The topological polar surface area (TPSA) is 92.4 Å². The fraction of sp³-hybridized carbons (Fsp3) is 0.267. The van der Waals surface area contributed by atoms with Gasteiger partial charge in [-0.1, -0.05) is 17.3 Å². The molecule has 0 unspecified atom stereocenters. The molecule has 1 amide bonds. The SMILES string of the molecule is Cc1noc(C)c1C(=O)NCCc1cccc(C(=O)O)c1. The number of aromatic carboxylic acids is 1. The van der Waals surface area contributed by atoms with Crippen LogP contribution in [0.15, 0.2) is 28.8 Å². The summed E-state index contributed by atoms with van der Waals surface area (Å²) in [6.45, 7) is 3.80. The van der Waals surface area contributed by atoms with Gasteiger partial charge < -0.3 is 14.9 Å². The second kappa shape index (κ2) is 6.21. The molecule has 1 aromatic heterocycles. The van der Waals surface area contributed by atoms with Crippen molar-refractivity contribution in [3.05, 3.63) is 52.4 Å². The molecular formula is C15H16N2O4. The molecule has 1 heterocycles. The first-order valence-corrected chi connectivity index (χ1v) is 6.52. The maximum Gasteiger partial charge on any atom is 0.335 e. The summed E-state index contributed by atoms with van der Waals surface area (Å²) >= 11 is 0. The Kier molecular flexibility index (Phi) is 4.37. The Bertz CT molecular complexity index is 657. The van der Waals surface area contributed by atoms with Gasteiger partial charge in [-0.05, 0) is 38.0 Å². The summed E-state index contributed by atoms with van der Waals surface area (Å²) in [5.74, 6) is -0.713. The van der Waals surface area contributed by atoms with Gasteiger partial charge in [0.05, 0.1) is 11.3 Å². The number of carboxylic acids is 1. The molecule has 21 heavy (non-hydrogen) atoms. The monoisotopic (exact) mass is 288 g/mol. The van der Waals surface area contributed by atoms with E-state index < -0.39 is 5.97 Å². The van der Waals surface area contributed by atoms with Gasteiger partial charge in [-0.2, -0.15) is 0 Å². The van der Waals surface area contributed by atoms with Gasteiger partial charge in [-0.3, -0.25) is 4.79 Å². The van der Waals surface area contributed by atoms with Gasteiger partial charge >= 0.3 is 5.97 Å². The zero-order chi connectivity index (χ0) is 15.4. The molecule has 6 nitrogen and oxygen atoms in total. The smallest absolute Gasteiger partial charge is 0.335 e. The number of nitrogens with zero attached hydrogens (tertiary/aromatic N) is 1. The van der Waals surface area contributed by atoms with E-state index in [1.165, 1.54) is 6.07 Å². The largest absolute Gasteiger partial charge is 0.478 e. The van der Waals surface area contributed by atoms with Crippen molar-refractivity contribution in [3.8, 4) is 0 Å². The first-order valence-electron chi connectivity index (χ1n) is 6.52. The minimum Gasteiger partial charge on any atom is -0.478 e. The van der Waals surface area contributed by atoms with E-state index in [1.54, 1.807) is 26.0 Å². The molecular weight excluding hydrogens is 272 g/mol. The summed E-state index contributed by atoms with van der Waals surface area (Å²) in [7, 11) is 0. The number of nitrogens with one attached hydrogen (secondary N) is 1. The Labute approximate surface area is 121 Å². The van der Waals surface area contributed by atoms with Crippen molar-refractivity contribution in [2.24, 2.45) is 0 Å². The third kappa shape index (κ3) is 3.47. The second-order valence-electron chi connectivity index (χ2n) is 4.71. The van der Waals surface area contributed by atoms with E-state index in [1.807, 2.05) is 6.07 Å². The number of hydrogen-bond donors (Lipinski definition) is 2. The maximum absolute atomic E-state index is 12.0. The highest BCUT2D eigenvalue weighted by Crippen LogP contribution is 2.12. The molecule has 110 valence electrons. The molecule has 0 aliphatic rings. The number of hydrogen-bond acceptors (Lipinski definition) is 4. The average Bonchev–Trinajstić information content (AvgIpc) is 2.78. The van der Waals surface area contributed by atoms with Crippen molar-refractivity contribution in [1.82, 2.24) is 10.5 Å². The third-order valence-corrected chi connectivity index (χ3v) is 3.13. The quantitative estimate of drug-likeness (QED) is 0.877. The Morgan fingerprint density at radius 3 is 2.71 bits per heavy atom. The van der Waals surface area contributed by atoms with E-state index in [2.05, 4.69) is 10.5 Å². The lowest BCUT2D eigenvalue weighted by Crippen LogP contribution is -2.26. The van der Waals surface area contributed by atoms with Crippen LogP contribution in [0.5, 0.6) is 0 Å². The zero-order valence-electron chi connectivity index (χ0n) is 11.8. The van der Waals surface area contributed by atoms with E-state index in [0.29, 0.717) is 30.0 Å². The van der Waals surface area contributed by atoms with Gasteiger partial charge in [0.15, 0.2) is 0 Å². The summed E-state index contributed by atoms with van der Waals surface area (Å²) in [4.78, 5) is 22.9. The summed E-state index contributed by atoms with van der Waals surface area (Å²) < 4.78 is 4.95. The highest BCUT2D eigenvalue weighted by molar-refractivity contribution is 5.96. The van der Waals surface area contributed by atoms with Gasteiger partial charge in [0.2, 0.25) is 0 Å². The van der Waals surface area contributed by atoms with Crippen LogP contribution >= 0.6 is 0 Å². The van der Waals surface area contributed by atoms with Crippen molar-refractivity contribution in [2.45, 2.75) is 20.3 Å². The van der Waals surface area contributed by atoms with Crippen LogP contribution in [0.3, 0.4) is 0 Å². The molecule has 2 rings (SSSR count). The lowest BCUT2D eigenvalue weighted by Gasteiger charge is -2.05. The van der Waals surface area contributed by atoms with E-state index in [4.69, 9.17) is 9.63 Å². The first-order chi connectivity index (χ1) is 9.99. The number of carboxylic acid groups (broad SMARTS) is 1. The van der Waals surface area contributed by atoms with Crippen LogP contribution in [0, 0.1) is 13.8 Å². The van der Waals surface area contributed by atoms with Crippen molar-refractivity contribution in [2.75, 3.05) is 6.54 Å². The summed E-state index contributed by atoms with van der Waals surface area (Å²) in [6.07, 6.45) is 0.552. The van der Waals surface area contributed by atoms with Crippen LogP contribution < -0.4 is 5.32 Å². The molecule has 0 saturated carbocycles. The minimum absolute atomic E-state index is 0.236. The number of aromatic nitrogens is 1. The molecule has 0 spiro atoms. The fourth-order valence-corrected chi connectivity index (χ4v) is 2.08. The molecule has 0 saturated heterocycles. The Hall–Kier alpha value is -2.63. The molecule has 0 radical (unpaired) electrons. The molecule has 0 fully saturated rings. The molecule has 0 bridgehead atoms. The van der Waals surface area contributed by atoms with Crippen LogP contribution in [0.1, 0.15) is 37.7 Å². The molecule has 2 N–H and O–H groups in total. The normalized spacial score (nSPS) is 10.4. The highest BCUT2D eigenvalue weighted by Gasteiger charge is 2.16. The predicted molar refractivity (Wildman–Crippen MR) is 75.4 cm³/mol. The molecule has 1 aromatic carbocycles. The summed E-state index contributed by atoms with van der Waals surface area (Å²) in [5, 5.41) is 15.4. The number of aryl methyl sites for hydroxylation is 2. The number of rotatable bonds is 5. The lowest BCUT2D eigenvalue weighted by molar-refractivity contribution is 0.0696.